The Labute approximate surface area is 163 Å². The molecule has 0 aliphatic rings. The van der Waals surface area contributed by atoms with E-state index in [1.807, 2.05) is 5.38 Å². The molecule has 0 atom stereocenters. The minimum Gasteiger partial charge on any atom is -0.435 e. The second-order valence-electron chi connectivity index (χ2n) is 5.54. The quantitative estimate of drug-likeness (QED) is 0.407. The van der Waals surface area contributed by atoms with Gasteiger partial charge in [0, 0.05) is 10.9 Å². The molecule has 0 fully saturated rings. The lowest BCUT2D eigenvalue weighted by atomic mass is 10.2. The average Bonchev–Trinajstić information content (AvgIpc) is 3.09. The van der Waals surface area contributed by atoms with Gasteiger partial charge < -0.3 is 4.74 Å². The minimum atomic E-state index is -2.87. The van der Waals surface area contributed by atoms with Gasteiger partial charge >= 0.3 is 6.61 Å². The van der Waals surface area contributed by atoms with Gasteiger partial charge in [0.15, 0.2) is 0 Å². The third-order valence-corrected chi connectivity index (χ3v) is 4.46. The molecule has 0 spiro atoms. The molecule has 0 bridgehead atoms. The van der Waals surface area contributed by atoms with E-state index in [2.05, 4.69) is 21.4 Å². The number of nitrogens with zero attached hydrogens (tertiary/aromatic N) is 3. The maximum absolute atomic E-state index is 13.1. The zero-order chi connectivity index (χ0) is 19.9. The molecular formula is C20H16F3N3OS. The van der Waals surface area contributed by atoms with E-state index >= 15 is 0 Å². The Balaban J connectivity index is 1.98. The Morgan fingerprint density at radius 3 is 2.46 bits per heavy atom. The van der Waals surface area contributed by atoms with Gasteiger partial charge in [0.05, 0.1) is 18.5 Å². The lowest BCUT2D eigenvalue weighted by Crippen LogP contribution is -2.12. The molecule has 0 radical (unpaired) electrons. The summed E-state index contributed by atoms with van der Waals surface area (Å²) >= 11 is 1.39. The van der Waals surface area contributed by atoms with Crippen LogP contribution in [0.4, 0.5) is 13.2 Å². The lowest BCUT2D eigenvalue weighted by Gasteiger charge is -2.06. The topological polar surface area (TPSA) is 38.9 Å². The molecular weight excluding hydrogens is 387 g/mol. The Morgan fingerprint density at radius 1 is 1.11 bits per heavy atom. The first-order chi connectivity index (χ1) is 13.6. The summed E-state index contributed by atoms with van der Waals surface area (Å²) < 4.78 is 43.7. The summed E-state index contributed by atoms with van der Waals surface area (Å²) in [6.07, 6.45) is 3.26. The molecule has 0 N–H and O–H groups in total. The van der Waals surface area contributed by atoms with E-state index in [0.717, 1.165) is 16.8 Å². The number of thiazole rings is 1. The normalized spacial score (nSPS) is 12.1. The van der Waals surface area contributed by atoms with Gasteiger partial charge in [-0.15, -0.1) is 17.9 Å². The first-order valence-corrected chi connectivity index (χ1v) is 9.12. The summed E-state index contributed by atoms with van der Waals surface area (Å²) in [5.41, 5.74) is 2.21. The summed E-state index contributed by atoms with van der Waals surface area (Å²) in [6, 6.07) is 12.2. The highest BCUT2D eigenvalue weighted by molar-refractivity contribution is 7.07. The maximum Gasteiger partial charge on any atom is 0.387 e. The summed E-state index contributed by atoms with van der Waals surface area (Å²) in [6.45, 7) is 1.21. The van der Waals surface area contributed by atoms with Gasteiger partial charge in [-0.05, 0) is 42.0 Å². The number of alkyl halides is 2. The van der Waals surface area contributed by atoms with Gasteiger partial charge in [0.2, 0.25) is 4.80 Å². The van der Waals surface area contributed by atoms with E-state index in [0.29, 0.717) is 11.3 Å². The molecule has 4 nitrogen and oxygen atoms in total. The van der Waals surface area contributed by atoms with Crippen LogP contribution in [-0.2, 0) is 0 Å². The van der Waals surface area contributed by atoms with Crippen LogP contribution in [0.2, 0.25) is 0 Å². The fraction of sp³-hybridized carbons (Fsp3) is 0.100. The monoisotopic (exact) mass is 403 g/mol. The average molecular weight is 403 g/mol. The fourth-order valence-corrected chi connectivity index (χ4v) is 3.19. The molecule has 0 saturated carbocycles. The number of ether oxygens (including phenoxy) is 1. The van der Waals surface area contributed by atoms with Gasteiger partial charge in [0.1, 0.15) is 11.6 Å². The van der Waals surface area contributed by atoms with Crippen LogP contribution in [0.1, 0.15) is 5.56 Å². The van der Waals surface area contributed by atoms with E-state index in [-0.39, 0.29) is 11.6 Å². The Morgan fingerprint density at radius 2 is 1.82 bits per heavy atom. The van der Waals surface area contributed by atoms with Gasteiger partial charge in [-0.3, -0.25) is 4.99 Å². The lowest BCUT2D eigenvalue weighted by molar-refractivity contribution is -0.0498. The van der Waals surface area contributed by atoms with Crippen molar-refractivity contribution in [3.63, 3.8) is 0 Å². The van der Waals surface area contributed by atoms with Gasteiger partial charge in [-0.2, -0.15) is 13.9 Å². The molecule has 28 heavy (non-hydrogen) atoms. The Kier molecular flexibility index (Phi) is 6.44. The molecule has 1 aromatic heterocycles. The SMILES string of the molecule is C=CCN=c1scc(-c2ccc(OC(F)F)cc2)n1N=Cc1ccc(F)cc1. The largest absolute Gasteiger partial charge is 0.435 e. The molecule has 0 unspecified atom stereocenters. The first kappa shape index (κ1) is 19.6. The van der Waals surface area contributed by atoms with Crippen molar-refractivity contribution in [3.8, 4) is 17.0 Å². The molecule has 2 aromatic carbocycles. The molecule has 0 saturated heterocycles. The molecule has 1 heterocycles. The number of hydrogen-bond acceptors (Lipinski definition) is 4. The molecule has 144 valence electrons. The predicted octanol–water partition coefficient (Wildman–Crippen LogP) is 4.93. The van der Waals surface area contributed by atoms with Crippen LogP contribution in [0.15, 0.2) is 76.7 Å². The van der Waals surface area contributed by atoms with Crippen molar-refractivity contribution in [2.75, 3.05) is 6.54 Å². The molecule has 3 aromatic rings. The number of aromatic nitrogens is 1. The standard InChI is InChI=1S/C20H16F3N3OS/c1-2-11-24-20-26(25-12-14-3-7-16(21)8-4-14)18(13-28-20)15-5-9-17(10-6-15)27-19(22)23/h2-10,12-13,19H,1,11H2. The van der Waals surface area contributed by atoms with Crippen molar-refractivity contribution in [2.45, 2.75) is 6.61 Å². The van der Waals surface area contributed by atoms with Crippen LogP contribution < -0.4 is 9.54 Å². The van der Waals surface area contributed by atoms with Gasteiger partial charge in [0.25, 0.3) is 0 Å². The van der Waals surface area contributed by atoms with Crippen LogP contribution in [-0.4, -0.2) is 24.0 Å². The Hall–Kier alpha value is -3.13. The third kappa shape index (κ3) is 4.98. The summed E-state index contributed by atoms with van der Waals surface area (Å²) in [4.78, 5) is 5.06. The first-order valence-electron chi connectivity index (χ1n) is 8.24. The maximum atomic E-state index is 13.1. The second-order valence-corrected chi connectivity index (χ2v) is 6.38. The van der Waals surface area contributed by atoms with Crippen molar-refractivity contribution in [1.82, 2.24) is 4.68 Å². The second kappa shape index (κ2) is 9.18. The number of benzene rings is 2. The van der Waals surface area contributed by atoms with Crippen LogP contribution >= 0.6 is 11.3 Å². The highest BCUT2D eigenvalue weighted by atomic mass is 32.1. The van der Waals surface area contributed by atoms with E-state index in [9.17, 15) is 13.2 Å². The van der Waals surface area contributed by atoms with E-state index in [4.69, 9.17) is 0 Å². The zero-order valence-corrected chi connectivity index (χ0v) is 15.5. The Bertz CT molecular complexity index is 1020. The van der Waals surface area contributed by atoms with Crippen LogP contribution in [0.5, 0.6) is 5.75 Å². The molecule has 8 heteroatoms. The van der Waals surface area contributed by atoms with Crippen molar-refractivity contribution in [1.29, 1.82) is 0 Å². The van der Waals surface area contributed by atoms with Gasteiger partial charge in [-0.25, -0.2) is 9.07 Å². The fourth-order valence-electron chi connectivity index (χ4n) is 2.34. The van der Waals surface area contributed by atoms with E-state index in [1.54, 1.807) is 41.2 Å². The molecule has 0 amide bonds. The van der Waals surface area contributed by atoms with Crippen molar-refractivity contribution < 1.29 is 17.9 Å². The van der Waals surface area contributed by atoms with Crippen molar-refractivity contribution >= 4 is 17.6 Å². The van der Waals surface area contributed by atoms with Crippen LogP contribution in [0.25, 0.3) is 11.3 Å². The summed E-state index contributed by atoms with van der Waals surface area (Å²) in [5.74, 6) is -0.249. The minimum absolute atomic E-state index is 0.0758. The number of hydrogen-bond donors (Lipinski definition) is 0. The van der Waals surface area contributed by atoms with Crippen molar-refractivity contribution in [3.05, 3.63) is 82.7 Å². The smallest absolute Gasteiger partial charge is 0.387 e. The van der Waals surface area contributed by atoms with Crippen LogP contribution in [0, 0.1) is 5.82 Å². The number of rotatable bonds is 7. The highest BCUT2D eigenvalue weighted by Crippen LogP contribution is 2.24. The van der Waals surface area contributed by atoms with E-state index < -0.39 is 6.61 Å². The summed E-state index contributed by atoms with van der Waals surface area (Å²) in [5, 5.41) is 6.33. The third-order valence-electron chi connectivity index (χ3n) is 3.61. The van der Waals surface area contributed by atoms with Gasteiger partial charge in [-0.1, -0.05) is 18.2 Å². The van der Waals surface area contributed by atoms with E-state index in [1.165, 1.54) is 35.6 Å². The molecule has 0 aliphatic heterocycles. The summed E-state index contributed by atoms with van der Waals surface area (Å²) in [7, 11) is 0. The zero-order valence-electron chi connectivity index (χ0n) is 14.6. The highest BCUT2D eigenvalue weighted by Gasteiger charge is 2.09. The van der Waals surface area contributed by atoms with Crippen LogP contribution in [0.3, 0.4) is 0 Å². The van der Waals surface area contributed by atoms with Crippen molar-refractivity contribution in [2.24, 2.45) is 10.1 Å². The predicted molar refractivity (Wildman–Crippen MR) is 104 cm³/mol. The number of halogens is 3. The molecule has 0 aliphatic carbocycles. The molecule has 3 rings (SSSR count).